The molecule has 2 saturated heterocycles. The number of piperidine rings is 1. The monoisotopic (exact) mass is 239 g/mol. The van der Waals surface area contributed by atoms with E-state index in [9.17, 15) is 4.79 Å². The van der Waals surface area contributed by atoms with Gasteiger partial charge in [-0.25, -0.2) is 0 Å². The topological polar surface area (TPSA) is 44.4 Å². The summed E-state index contributed by atoms with van der Waals surface area (Å²) in [7, 11) is 0. The number of hydrogen-bond acceptors (Lipinski definition) is 3. The van der Waals surface area contributed by atoms with Crippen molar-refractivity contribution in [2.45, 2.75) is 38.6 Å². The molecule has 4 nitrogen and oxygen atoms in total. The Bertz CT molecular complexity index is 251. The third-order valence-corrected chi connectivity index (χ3v) is 4.08. The summed E-state index contributed by atoms with van der Waals surface area (Å²) in [5.74, 6) is 0.445. The summed E-state index contributed by atoms with van der Waals surface area (Å²) in [5.41, 5.74) is 0. The second-order valence-electron chi connectivity index (χ2n) is 5.21. The van der Waals surface area contributed by atoms with Gasteiger partial charge >= 0.3 is 0 Å². The molecule has 2 N–H and O–H groups in total. The Morgan fingerprint density at radius 2 is 2.29 bits per heavy atom. The number of rotatable bonds is 4. The van der Waals surface area contributed by atoms with Gasteiger partial charge in [-0.15, -0.1) is 0 Å². The first kappa shape index (κ1) is 12.8. The maximum atomic E-state index is 12.0. The average molecular weight is 239 g/mol. The van der Waals surface area contributed by atoms with Gasteiger partial charge in [0.1, 0.15) is 0 Å². The minimum atomic E-state index is 0.195. The van der Waals surface area contributed by atoms with Crippen LogP contribution < -0.4 is 10.6 Å². The molecule has 0 spiro atoms. The molecule has 2 rings (SSSR count). The van der Waals surface area contributed by atoms with Crippen LogP contribution in [-0.2, 0) is 4.79 Å². The van der Waals surface area contributed by atoms with Crippen LogP contribution in [0.3, 0.4) is 0 Å². The number of amides is 1. The molecule has 0 aromatic carbocycles. The van der Waals surface area contributed by atoms with Crippen molar-refractivity contribution in [3.8, 4) is 0 Å². The highest BCUT2D eigenvalue weighted by Gasteiger charge is 2.25. The highest BCUT2D eigenvalue weighted by molar-refractivity contribution is 5.79. The van der Waals surface area contributed by atoms with E-state index >= 15 is 0 Å². The Hall–Kier alpha value is -0.610. The van der Waals surface area contributed by atoms with Crippen LogP contribution in [0.5, 0.6) is 0 Å². The Kier molecular flexibility index (Phi) is 4.80. The first-order valence-electron chi connectivity index (χ1n) is 7.03. The van der Waals surface area contributed by atoms with Gasteiger partial charge in [-0.1, -0.05) is 6.92 Å². The third kappa shape index (κ3) is 3.42. The lowest BCUT2D eigenvalue weighted by atomic mass is 9.99. The van der Waals surface area contributed by atoms with Gasteiger partial charge in [-0.3, -0.25) is 9.69 Å². The van der Waals surface area contributed by atoms with Crippen molar-refractivity contribution in [1.29, 1.82) is 0 Å². The quantitative estimate of drug-likeness (QED) is 0.754. The Labute approximate surface area is 104 Å². The molecule has 2 heterocycles. The standard InChI is InChI=1S/C13H25N3O/c1-2-16-8-4-6-12(16)10-15-13(17)11-5-3-7-14-9-11/h11-12,14H,2-10H2,1H3,(H,15,17)/t11-,12?/m1/s1. The number of likely N-dealkylation sites (N-methyl/N-ethyl adjacent to an activating group) is 1. The first-order chi connectivity index (χ1) is 8.31. The van der Waals surface area contributed by atoms with Gasteiger partial charge < -0.3 is 10.6 Å². The number of likely N-dealkylation sites (tertiary alicyclic amines) is 1. The SMILES string of the molecule is CCN1CCCC1CNC(=O)[C@@H]1CCCNC1. The van der Waals surface area contributed by atoms with Gasteiger partial charge in [0.05, 0.1) is 5.92 Å². The fourth-order valence-corrected chi connectivity index (χ4v) is 2.98. The molecular formula is C13H25N3O. The smallest absolute Gasteiger partial charge is 0.224 e. The Balaban J connectivity index is 1.71. The summed E-state index contributed by atoms with van der Waals surface area (Å²) >= 11 is 0. The summed E-state index contributed by atoms with van der Waals surface area (Å²) in [6.07, 6.45) is 4.68. The summed E-state index contributed by atoms with van der Waals surface area (Å²) in [6.45, 7) is 7.26. The number of hydrogen-bond donors (Lipinski definition) is 2. The van der Waals surface area contributed by atoms with Crippen LogP contribution in [0.1, 0.15) is 32.6 Å². The summed E-state index contributed by atoms with van der Waals surface area (Å²) in [6, 6.07) is 0.570. The van der Waals surface area contributed by atoms with Crippen LogP contribution in [0.25, 0.3) is 0 Å². The van der Waals surface area contributed by atoms with E-state index in [4.69, 9.17) is 0 Å². The van der Waals surface area contributed by atoms with Gasteiger partial charge in [0.15, 0.2) is 0 Å². The fourth-order valence-electron chi connectivity index (χ4n) is 2.98. The summed E-state index contributed by atoms with van der Waals surface area (Å²) < 4.78 is 0. The van der Waals surface area contributed by atoms with E-state index in [-0.39, 0.29) is 11.8 Å². The van der Waals surface area contributed by atoms with E-state index in [1.54, 1.807) is 0 Å². The van der Waals surface area contributed by atoms with Crippen molar-refractivity contribution >= 4 is 5.91 Å². The Morgan fingerprint density at radius 1 is 1.41 bits per heavy atom. The maximum absolute atomic E-state index is 12.0. The number of nitrogens with one attached hydrogen (secondary N) is 2. The predicted octanol–water partition coefficient (Wildman–Crippen LogP) is 0.587. The van der Waals surface area contributed by atoms with Gasteiger partial charge in [0.2, 0.25) is 5.91 Å². The largest absolute Gasteiger partial charge is 0.354 e. The van der Waals surface area contributed by atoms with Crippen molar-refractivity contribution in [2.75, 3.05) is 32.7 Å². The highest BCUT2D eigenvalue weighted by atomic mass is 16.1. The van der Waals surface area contributed by atoms with Crippen LogP contribution in [-0.4, -0.2) is 49.6 Å². The zero-order valence-corrected chi connectivity index (χ0v) is 10.9. The normalized spacial score (nSPS) is 30.4. The molecule has 0 aliphatic carbocycles. The predicted molar refractivity (Wildman–Crippen MR) is 68.9 cm³/mol. The molecule has 1 unspecified atom stereocenters. The molecule has 2 atom stereocenters. The summed E-state index contributed by atoms with van der Waals surface area (Å²) in [5, 5.41) is 6.43. The van der Waals surface area contributed by atoms with E-state index in [0.717, 1.165) is 39.0 Å². The maximum Gasteiger partial charge on any atom is 0.224 e. The van der Waals surface area contributed by atoms with E-state index in [0.29, 0.717) is 6.04 Å². The van der Waals surface area contributed by atoms with Crippen molar-refractivity contribution in [1.82, 2.24) is 15.5 Å². The molecule has 2 aliphatic heterocycles. The van der Waals surface area contributed by atoms with Crippen LogP contribution in [0.15, 0.2) is 0 Å². The fraction of sp³-hybridized carbons (Fsp3) is 0.923. The van der Waals surface area contributed by atoms with E-state index in [2.05, 4.69) is 22.5 Å². The third-order valence-electron chi connectivity index (χ3n) is 4.08. The number of carbonyl (C=O) groups is 1. The van der Waals surface area contributed by atoms with Crippen LogP contribution in [0, 0.1) is 5.92 Å². The second-order valence-corrected chi connectivity index (χ2v) is 5.21. The van der Waals surface area contributed by atoms with Crippen molar-refractivity contribution in [3.05, 3.63) is 0 Å². The molecule has 17 heavy (non-hydrogen) atoms. The second kappa shape index (κ2) is 6.36. The molecule has 2 aliphatic rings. The molecule has 0 bridgehead atoms. The molecule has 0 saturated carbocycles. The van der Waals surface area contributed by atoms with Crippen molar-refractivity contribution in [3.63, 3.8) is 0 Å². The molecule has 4 heteroatoms. The van der Waals surface area contributed by atoms with Gasteiger partial charge in [-0.2, -0.15) is 0 Å². The highest BCUT2D eigenvalue weighted by Crippen LogP contribution is 2.16. The Morgan fingerprint density at radius 3 is 3.00 bits per heavy atom. The average Bonchev–Trinajstić information content (AvgIpc) is 2.84. The molecule has 2 fully saturated rings. The van der Waals surface area contributed by atoms with Crippen LogP contribution >= 0.6 is 0 Å². The van der Waals surface area contributed by atoms with E-state index in [1.165, 1.54) is 19.4 Å². The zero-order valence-electron chi connectivity index (χ0n) is 10.9. The minimum absolute atomic E-state index is 0.195. The molecule has 0 radical (unpaired) electrons. The van der Waals surface area contributed by atoms with E-state index < -0.39 is 0 Å². The number of carbonyl (C=O) groups excluding carboxylic acids is 1. The lowest BCUT2D eigenvalue weighted by molar-refractivity contribution is -0.125. The van der Waals surface area contributed by atoms with E-state index in [1.807, 2.05) is 0 Å². The molecule has 0 aromatic heterocycles. The van der Waals surface area contributed by atoms with Gasteiger partial charge in [-0.05, 0) is 45.3 Å². The minimum Gasteiger partial charge on any atom is -0.354 e. The zero-order chi connectivity index (χ0) is 12.1. The lowest BCUT2D eigenvalue weighted by Gasteiger charge is -2.26. The molecule has 1 amide bonds. The first-order valence-corrected chi connectivity index (χ1v) is 7.03. The van der Waals surface area contributed by atoms with Crippen molar-refractivity contribution in [2.24, 2.45) is 5.92 Å². The molecule has 0 aromatic rings. The van der Waals surface area contributed by atoms with Crippen LogP contribution in [0.2, 0.25) is 0 Å². The summed E-state index contributed by atoms with van der Waals surface area (Å²) in [4.78, 5) is 14.5. The molecule has 98 valence electrons. The van der Waals surface area contributed by atoms with Crippen LogP contribution in [0.4, 0.5) is 0 Å². The lowest BCUT2D eigenvalue weighted by Crippen LogP contribution is -2.45. The van der Waals surface area contributed by atoms with Gasteiger partial charge in [0, 0.05) is 19.1 Å². The molecular weight excluding hydrogens is 214 g/mol. The van der Waals surface area contributed by atoms with Crippen molar-refractivity contribution < 1.29 is 4.79 Å². The van der Waals surface area contributed by atoms with Gasteiger partial charge in [0.25, 0.3) is 0 Å². The number of nitrogens with zero attached hydrogens (tertiary/aromatic N) is 1.